The highest BCUT2D eigenvalue weighted by Gasteiger charge is 2.41. The van der Waals surface area contributed by atoms with Crippen molar-refractivity contribution in [2.45, 2.75) is 64.7 Å². The van der Waals surface area contributed by atoms with Gasteiger partial charge in [-0.05, 0) is 77.4 Å². The van der Waals surface area contributed by atoms with Gasteiger partial charge in [-0.25, -0.2) is 0 Å². The summed E-state index contributed by atoms with van der Waals surface area (Å²) in [6, 6.07) is 21.4. The summed E-state index contributed by atoms with van der Waals surface area (Å²) < 4.78 is 0. The van der Waals surface area contributed by atoms with Crippen LogP contribution in [0, 0.1) is 0 Å². The quantitative estimate of drug-likeness (QED) is 0.201. The molecule has 45 heavy (non-hydrogen) atoms. The van der Waals surface area contributed by atoms with E-state index in [1.54, 1.807) is 31.2 Å². The van der Waals surface area contributed by atoms with Crippen molar-refractivity contribution in [2.75, 3.05) is 0 Å². The SMILES string of the molecule is CC(C)(C)c1cc(C(C)(C(=O)O)c2cc(-n3nc4ccccc4n3)c(O)c(C(C)(C)C)c2)cc(-n2nc3ccccc3n2)c1O. The van der Waals surface area contributed by atoms with Crippen LogP contribution < -0.4 is 0 Å². The molecule has 0 bridgehead atoms. The van der Waals surface area contributed by atoms with Crippen molar-refractivity contribution >= 4 is 28.0 Å². The minimum Gasteiger partial charge on any atom is -0.505 e. The Bertz CT molecular complexity index is 1910. The van der Waals surface area contributed by atoms with E-state index in [9.17, 15) is 20.1 Å². The number of rotatable bonds is 5. The number of carboxylic acid groups (broad SMARTS) is 1. The normalized spacial score (nSPS) is 12.7. The van der Waals surface area contributed by atoms with Crippen molar-refractivity contribution in [3.63, 3.8) is 0 Å². The topological polar surface area (TPSA) is 139 Å². The highest BCUT2D eigenvalue weighted by atomic mass is 16.4. The fraction of sp³-hybridized carbons (Fsp3) is 0.286. The molecule has 0 amide bonds. The molecule has 0 atom stereocenters. The molecule has 0 unspecified atom stereocenters. The van der Waals surface area contributed by atoms with Gasteiger partial charge >= 0.3 is 5.97 Å². The summed E-state index contributed by atoms with van der Waals surface area (Å²) in [5, 5.41) is 52.5. The predicted molar refractivity (Wildman–Crippen MR) is 173 cm³/mol. The van der Waals surface area contributed by atoms with Crippen LogP contribution in [0.2, 0.25) is 0 Å². The van der Waals surface area contributed by atoms with Gasteiger partial charge in [0, 0.05) is 11.1 Å². The second-order valence-corrected chi connectivity index (χ2v) is 13.7. The summed E-state index contributed by atoms with van der Waals surface area (Å²) in [7, 11) is 0. The van der Waals surface area contributed by atoms with E-state index in [-0.39, 0.29) is 22.9 Å². The lowest BCUT2D eigenvalue weighted by Crippen LogP contribution is -2.35. The number of aromatic nitrogens is 6. The van der Waals surface area contributed by atoms with Crippen LogP contribution in [0.25, 0.3) is 33.4 Å². The highest BCUT2D eigenvalue weighted by Crippen LogP contribution is 2.45. The fourth-order valence-corrected chi connectivity index (χ4v) is 5.61. The maximum absolute atomic E-state index is 13.5. The first-order valence-electron chi connectivity index (χ1n) is 14.7. The zero-order valence-corrected chi connectivity index (χ0v) is 26.4. The Morgan fingerprint density at radius 3 is 1.16 bits per heavy atom. The largest absolute Gasteiger partial charge is 0.505 e. The number of phenolic OH excluding ortho intramolecular Hbond substituents is 2. The molecule has 6 rings (SSSR count). The third-order valence-corrected chi connectivity index (χ3v) is 8.38. The Morgan fingerprint density at radius 2 is 0.889 bits per heavy atom. The van der Waals surface area contributed by atoms with Gasteiger partial charge in [-0.1, -0.05) is 65.8 Å². The van der Waals surface area contributed by atoms with Crippen LogP contribution in [0.15, 0.2) is 72.8 Å². The lowest BCUT2D eigenvalue weighted by molar-refractivity contribution is -0.141. The van der Waals surface area contributed by atoms with Gasteiger partial charge in [-0.3, -0.25) is 4.79 Å². The number of phenols is 2. The monoisotopic (exact) mass is 604 g/mol. The second kappa shape index (κ2) is 10.2. The Hall–Kier alpha value is -5.25. The van der Waals surface area contributed by atoms with Crippen molar-refractivity contribution in [2.24, 2.45) is 0 Å². The average molecular weight is 605 g/mol. The molecule has 10 nitrogen and oxygen atoms in total. The number of nitrogens with zero attached hydrogens (tertiary/aromatic N) is 6. The molecule has 0 aliphatic carbocycles. The number of aromatic hydroxyl groups is 2. The molecule has 6 aromatic rings. The molecular formula is C35H36N6O4. The molecule has 230 valence electrons. The fourth-order valence-electron chi connectivity index (χ4n) is 5.61. The van der Waals surface area contributed by atoms with Gasteiger partial charge < -0.3 is 15.3 Å². The van der Waals surface area contributed by atoms with Gasteiger partial charge in [0.05, 0.1) is 0 Å². The highest BCUT2D eigenvalue weighted by molar-refractivity contribution is 5.87. The number of fused-ring (bicyclic) bond motifs is 2. The lowest BCUT2D eigenvalue weighted by atomic mass is 9.72. The summed E-state index contributed by atoms with van der Waals surface area (Å²) in [6.45, 7) is 13.3. The van der Waals surface area contributed by atoms with E-state index in [1.807, 2.05) is 90.1 Å². The summed E-state index contributed by atoms with van der Waals surface area (Å²) in [5.74, 6) is -1.19. The molecule has 0 radical (unpaired) electrons. The summed E-state index contributed by atoms with van der Waals surface area (Å²) in [4.78, 5) is 16.2. The first kappa shape index (κ1) is 29.8. The maximum Gasteiger partial charge on any atom is 0.318 e. The van der Waals surface area contributed by atoms with Crippen LogP contribution in [0.1, 0.15) is 70.7 Å². The van der Waals surface area contributed by atoms with E-state index in [0.29, 0.717) is 44.3 Å². The number of benzene rings is 4. The molecular weight excluding hydrogens is 568 g/mol. The average Bonchev–Trinajstić information content (AvgIpc) is 3.60. The zero-order chi connectivity index (χ0) is 32.5. The molecule has 0 spiro atoms. The Morgan fingerprint density at radius 1 is 0.578 bits per heavy atom. The second-order valence-electron chi connectivity index (χ2n) is 13.7. The van der Waals surface area contributed by atoms with Gasteiger partial charge in [0.15, 0.2) is 0 Å². The van der Waals surface area contributed by atoms with E-state index >= 15 is 0 Å². The third kappa shape index (κ3) is 4.96. The molecule has 0 fully saturated rings. The van der Waals surface area contributed by atoms with Crippen molar-refractivity contribution in [3.8, 4) is 22.9 Å². The van der Waals surface area contributed by atoms with Crippen LogP contribution in [-0.4, -0.2) is 51.3 Å². The molecule has 2 heterocycles. The predicted octanol–water partition coefficient (Wildman–Crippen LogP) is 6.55. The number of hydrogen-bond acceptors (Lipinski definition) is 7. The van der Waals surface area contributed by atoms with Gasteiger partial charge in [0.1, 0.15) is 50.4 Å². The van der Waals surface area contributed by atoms with Crippen molar-refractivity contribution in [1.82, 2.24) is 30.0 Å². The van der Waals surface area contributed by atoms with Crippen molar-refractivity contribution in [3.05, 3.63) is 95.1 Å². The van der Waals surface area contributed by atoms with Gasteiger partial charge in [0.25, 0.3) is 0 Å². The molecule has 0 saturated carbocycles. The summed E-state index contributed by atoms with van der Waals surface area (Å²) >= 11 is 0. The number of aliphatic carboxylic acids is 1. The van der Waals surface area contributed by atoms with Crippen LogP contribution in [-0.2, 0) is 21.0 Å². The van der Waals surface area contributed by atoms with Crippen LogP contribution in [0.3, 0.4) is 0 Å². The van der Waals surface area contributed by atoms with Crippen LogP contribution in [0.4, 0.5) is 0 Å². The Labute approximate surface area is 260 Å². The van der Waals surface area contributed by atoms with Crippen LogP contribution in [0.5, 0.6) is 11.5 Å². The van der Waals surface area contributed by atoms with Crippen LogP contribution >= 0.6 is 0 Å². The summed E-state index contributed by atoms with van der Waals surface area (Å²) in [5.41, 5.74) is 2.20. The summed E-state index contributed by atoms with van der Waals surface area (Å²) in [6.07, 6.45) is 0. The Balaban J connectivity index is 1.65. The molecule has 2 aromatic heterocycles. The number of hydrogen-bond donors (Lipinski definition) is 3. The molecule has 0 aliphatic rings. The van der Waals surface area contributed by atoms with E-state index in [2.05, 4.69) is 20.4 Å². The van der Waals surface area contributed by atoms with E-state index in [1.165, 1.54) is 9.59 Å². The van der Waals surface area contributed by atoms with E-state index in [4.69, 9.17) is 0 Å². The number of carboxylic acids is 1. The molecule has 4 aromatic carbocycles. The standard InChI is InChI=1S/C35H36N6O4/c1-33(2,3)22-16-20(18-28(30(22)42)40-36-24-12-8-9-13-25(24)37-40)35(7,32(44)45)21-17-23(34(4,5)6)31(43)29(19-21)41-38-26-14-10-11-15-27(26)39-41/h8-19,42-43H,1-7H3,(H,44,45). The van der Waals surface area contributed by atoms with E-state index < -0.39 is 22.2 Å². The third-order valence-electron chi connectivity index (χ3n) is 8.38. The van der Waals surface area contributed by atoms with Gasteiger partial charge in [0.2, 0.25) is 0 Å². The smallest absolute Gasteiger partial charge is 0.318 e. The number of carbonyl (C=O) groups is 1. The zero-order valence-electron chi connectivity index (χ0n) is 26.4. The first-order chi connectivity index (χ1) is 21.1. The van der Waals surface area contributed by atoms with Crippen molar-refractivity contribution in [1.29, 1.82) is 0 Å². The minimum atomic E-state index is -1.65. The molecule has 3 N–H and O–H groups in total. The Kier molecular flexibility index (Phi) is 6.72. The lowest BCUT2D eigenvalue weighted by Gasteiger charge is -2.32. The van der Waals surface area contributed by atoms with E-state index in [0.717, 1.165) is 0 Å². The molecule has 0 saturated heterocycles. The van der Waals surface area contributed by atoms with Gasteiger partial charge in [-0.2, -0.15) is 0 Å². The first-order valence-corrected chi connectivity index (χ1v) is 14.7. The van der Waals surface area contributed by atoms with Gasteiger partial charge in [-0.15, -0.1) is 30.0 Å². The molecule has 10 heteroatoms. The minimum absolute atomic E-state index is 0.0338. The van der Waals surface area contributed by atoms with Crippen molar-refractivity contribution < 1.29 is 20.1 Å². The molecule has 0 aliphatic heterocycles. The maximum atomic E-state index is 13.5.